The van der Waals surface area contributed by atoms with Crippen molar-refractivity contribution in [3.63, 3.8) is 0 Å². The maximum absolute atomic E-state index is 3.90. The van der Waals surface area contributed by atoms with Crippen molar-refractivity contribution in [1.82, 2.24) is 0 Å². The van der Waals surface area contributed by atoms with Crippen LogP contribution < -0.4 is 4.90 Å². The molecule has 2 aliphatic rings. The lowest BCUT2D eigenvalue weighted by Crippen LogP contribution is -2.10. The maximum atomic E-state index is 3.90. The highest BCUT2D eigenvalue weighted by Gasteiger charge is 2.26. The van der Waals surface area contributed by atoms with Gasteiger partial charge in [0.05, 0.1) is 0 Å². The zero-order chi connectivity index (χ0) is 12.1. The van der Waals surface area contributed by atoms with E-state index < -0.39 is 0 Å². The fraction of sp³-hybridized carbons (Fsp3) is 0.176. The van der Waals surface area contributed by atoms with Crippen LogP contribution in [-0.2, 0) is 12.8 Å². The average molecular weight is 233 g/mol. The third kappa shape index (κ3) is 1.16. The van der Waals surface area contributed by atoms with Crippen LogP contribution in [0, 0.1) is 0 Å². The van der Waals surface area contributed by atoms with Gasteiger partial charge in [-0.15, -0.1) is 0 Å². The van der Waals surface area contributed by atoms with Crippen molar-refractivity contribution >= 4 is 5.69 Å². The van der Waals surface area contributed by atoms with Crippen LogP contribution in [0.2, 0.25) is 0 Å². The molecule has 0 bridgehead atoms. The lowest BCUT2D eigenvalue weighted by molar-refractivity contribution is 0.987. The molecule has 0 amide bonds. The molecule has 18 heavy (non-hydrogen) atoms. The van der Waals surface area contributed by atoms with E-state index in [4.69, 9.17) is 0 Å². The molecule has 0 saturated carbocycles. The van der Waals surface area contributed by atoms with Gasteiger partial charge in [-0.05, 0) is 52.9 Å². The smallest absolute Gasteiger partial charge is 0.0442 e. The Morgan fingerprint density at radius 3 is 2.78 bits per heavy atom. The Labute approximate surface area is 107 Å². The van der Waals surface area contributed by atoms with E-state index in [0.29, 0.717) is 0 Å². The molecular weight excluding hydrogens is 218 g/mol. The Morgan fingerprint density at radius 1 is 1.00 bits per heavy atom. The van der Waals surface area contributed by atoms with Crippen molar-refractivity contribution in [2.24, 2.45) is 0 Å². The first kappa shape index (κ1) is 9.95. The van der Waals surface area contributed by atoms with Gasteiger partial charge in [-0.2, -0.15) is 0 Å². The summed E-state index contributed by atoms with van der Waals surface area (Å²) in [6.45, 7) is 4.98. The lowest BCUT2D eigenvalue weighted by atomic mass is 9.99. The molecule has 0 saturated heterocycles. The number of hydrogen-bond donors (Lipinski definition) is 0. The first-order valence-corrected chi connectivity index (χ1v) is 6.50. The molecule has 0 aromatic heterocycles. The van der Waals surface area contributed by atoms with Gasteiger partial charge in [0.15, 0.2) is 0 Å². The van der Waals surface area contributed by atoms with Crippen molar-refractivity contribution < 1.29 is 0 Å². The highest BCUT2D eigenvalue weighted by Crippen LogP contribution is 2.43. The highest BCUT2D eigenvalue weighted by molar-refractivity contribution is 5.82. The summed E-state index contributed by atoms with van der Waals surface area (Å²) in [5, 5.41) is 0. The molecule has 1 heteroatoms. The normalized spacial score (nSPS) is 15.2. The lowest BCUT2D eigenvalue weighted by Gasteiger charge is -2.14. The molecule has 0 radical (unpaired) electrons. The molecule has 4 rings (SSSR count). The molecule has 88 valence electrons. The van der Waals surface area contributed by atoms with Gasteiger partial charge in [0.2, 0.25) is 0 Å². The summed E-state index contributed by atoms with van der Waals surface area (Å²) in [5.41, 5.74) is 8.76. The second-order valence-corrected chi connectivity index (χ2v) is 5.05. The molecule has 1 heterocycles. The van der Waals surface area contributed by atoms with Gasteiger partial charge >= 0.3 is 0 Å². The molecule has 0 atom stereocenters. The Balaban J connectivity index is 1.94. The summed E-state index contributed by atoms with van der Waals surface area (Å²) in [6.07, 6.45) is 4.19. The van der Waals surface area contributed by atoms with Gasteiger partial charge in [0.1, 0.15) is 0 Å². The largest absolute Gasteiger partial charge is 0.348 e. The van der Waals surface area contributed by atoms with Crippen LogP contribution in [0.25, 0.3) is 11.1 Å². The maximum Gasteiger partial charge on any atom is 0.0442 e. The number of benzene rings is 2. The van der Waals surface area contributed by atoms with Crippen LogP contribution in [0.5, 0.6) is 0 Å². The number of rotatable bonds is 1. The zero-order valence-electron chi connectivity index (χ0n) is 10.3. The van der Waals surface area contributed by atoms with E-state index >= 15 is 0 Å². The SMILES string of the molecule is C=CN1CCc2c1ccc1c2Cc2ccccc2-1. The molecule has 1 nitrogen and oxygen atoms in total. The molecule has 0 spiro atoms. The Kier molecular flexibility index (Phi) is 1.93. The van der Waals surface area contributed by atoms with Gasteiger partial charge in [0, 0.05) is 12.2 Å². The predicted molar refractivity (Wildman–Crippen MR) is 75.9 cm³/mol. The molecule has 1 aliphatic carbocycles. The van der Waals surface area contributed by atoms with Crippen molar-refractivity contribution in [3.05, 3.63) is 65.9 Å². The highest BCUT2D eigenvalue weighted by atomic mass is 15.1. The first-order valence-electron chi connectivity index (χ1n) is 6.50. The third-order valence-electron chi connectivity index (χ3n) is 4.21. The standard InChI is InChI=1S/C17H15N/c1-2-18-10-9-15-16-11-12-5-3-4-6-13(12)14(16)7-8-17(15)18/h2-8H,1,9-11H2. The van der Waals surface area contributed by atoms with E-state index in [1.165, 1.54) is 33.5 Å². The predicted octanol–water partition coefficient (Wildman–Crippen LogP) is 3.76. The van der Waals surface area contributed by atoms with Crippen molar-refractivity contribution in [2.75, 3.05) is 11.4 Å². The van der Waals surface area contributed by atoms with Gasteiger partial charge < -0.3 is 4.90 Å². The molecule has 0 unspecified atom stereocenters. The van der Waals surface area contributed by atoms with E-state index in [9.17, 15) is 0 Å². The van der Waals surface area contributed by atoms with Gasteiger partial charge in [-0.1, -0.05) is 36.9 Å². The third-order valence-corrected chi connectivity index (χ3v) is 4.21. The number of nitrogens with zero attached hydrogens (tertiary/aromatic N) is 1. The Morgan fingerprint density at radius 2 is 1.89 bits per heavy atom. The average Bonchev–Trinajstić information content (AvgIpc) is 2.99. The fourth-order valence-corrected chi connectivity index (χ4v) is 3.35. The second-order valence-electron chi connectivity index (χ2n) is 5.05. The minimum absolute atomic E-state index is 1.08. The minimum atomic E-state index is 1.08. The number of anilines is 1. The molecule has 0 N–H and O–H groups in total. The second kappa shape index (κ2) is 3.49. The van der Waals surface area contributed by atoms with Crippen LogP contribution in [0.1, 0.15) is 16.7 Å². The minimum Gasteiger partial charge on any atom is -0.348 e. The van der Waals surface area contributed by atoms with Crippen LogP contribution in [0.15, 0.2) is 49.2 Å². The molecule has 2 aromatic rings. The first-order chi connectivity index (χ1) is 8.88. The Hall–Kier alpha value is -2.02. The quantitative estimate of drug-likeness (QED) is 0.618. The van der Waals surface area contributed by atoms with E-state index in [0.717, 1.165) is 19.4 Å². The fourth-order valence-electron chi connectivity index (χ4n) is 3.35. The monoisotopic (exact) mass is 233 g/mol. The van der Waals surface area contributed by atoms with Crippen molar-refractivity contribution in [3.8, 4) is 11.1 Å². The summed E-state index contributed by atoms with van der Waals surface area (Å²) < 4.78 is 0. The van der Waals surface area contributed by atoms with Crippen LogP contribution >= 0.6 is 0 Å². The summed E-state index contributed by atoms with van der Waals surface area (Å²) >= 11 is 0. The molecular formula is C17H15N. The van der Waals surface area contributed by atoms with Crippen LogP contribution in [0.4, 0.5) is 5.69 Å². The topological polar surface area (TPSA) is 3.24 Å². The van der Waals surface area contributed by atoms with Gasteiger partial charge in [-0.3, -0.25) is 0 Å². The summed E-state index contributed by atoms with van der Waals surface area (Å²) in [4.78, 5) is 2.26. The zero-order valence-corrected chi connectivity index (χ0v) is 10.3. The number of hydrogen-bond acceptors (Lipinski definition) is 1. The van der Waals surface area contributed by atoms with E-state index in [1.807, 2.05) is 6.20 Å². The summed E-state index contributed by atoms with van der Waals surface area (Å²) in [6, 6.07) is 13.3. The van der Waals surface area contributed by atoms with Crippen LogP contribution in [0.3, 0.4) is 0 Å². The van der Waals surface area contributed by atoms with Gasteiger partial charge in [-0.25, -0.2) is 0 Å². The number of fused-ring (bicyclic) bond motifs is 5. The molecule has 2 aromatic carbocycles. The van der Waals surface area contributed by atoms with Crippen LogP contribution in [-0.4, -0.2) is 6.54 Å². The van der Waals surface area contributed by atoms with E-state index in [-0.39, 0.29) is 0 Å². The molecule has 1 aliphatic heterocycles. The van der Waals surface area contributed by atoms with Crippen molar-refractivity contribution in [2.45, 2.75) is 12.8 Å². The van der Waals surface area contributed by atoms with Crippen molar-refractivity contribution in [1.29, 1.82) is 0 Å². The van der Waals surface area contributed by atoms with Gasteiger partial charge in [0.25, 0.3) is 0 Å². The van der Waals surface area contributed by atoms with E-state index in [2.05, 4.69) is 47.9 Å². The summed E-state index contributed by atoms with van der Waals surface area (Å²) in [5.74, 6) is 0. The molecule has 0 fully saturated rings. The summed E-state index contributed by atoms with van der Waals surface area (Å²) in [7, 11) is 0. The Bertz CT molecular complexity index is 655. The van der Waals surface area contributed by atoms with E-state index in [1.54, 1.807) is 0 Å².